The zero-order chi connectivity index (χ0) is 16.4. The Hall–Kier alpha value is -1.89. The van der Waals surface area contributed by atoms with Crippen molar-refractivity contribution in [2.45, 2.75) is 32.7 Å². The molecular formula is C16H26N6O. The van der Waals surface area contributed by atoms with Gasteiger partial charge in [-0.1, -0.05) is 13.8 Å². The summed E-state index contributed by atoms with van der Waals surface area (Å²) in [6.45, 7) is 10.9. The molecule has 2 aliphatic heterocycles. The van der Waals surface area contributed by atoms with Crippen LogP contribution in [0.1, 0.15) is 32.4 Å². The maximum atomic E-state index is 11.5. The number of nitrogens with one attached hydrogen (secondary N) is 2. The summed E-state index contributed by atoms with van der Waals surface area (Å²) >= 11 is 0. The second-order valence-corrected chi connectivity index (χ2v) is 6.63. The molecule has 0 spiro atoms. The summed E-state index contributed by atoms with van der Waals surface area (Å²) in [6, 6.07) is 2.51. The zero-order valence-corrected chi connectivity index (χ0v) is 14.2. The van der Waals surface area contributed by atoms with Gasteiger partial charge in [-0.15, -0.1) is 0 Å². The van der Waals surface area contributed by atoms with Gasteiger partial charge < -0.3 is 20.4 Å². The monoisotopic (exact) mass is 318 g/mol. The van der Waals surface area contributed by atoms with Crippen molar-refractivity contribution in [2.24, 2.45) is 0 Å². The third-order valence-electron chi connectivity index (χ3n) is 4.47. The fourth-order valence-corrected chi connectivity index (χ4v) is 2.79. The Morgan fingerprint density at radius 2 is 1.96 bits per heavy atom. The zero-order valence-electron chi connectivity index (χ0n) is 14.2. The fraction of sp³-hybridized carbons (Fsp3) is 0.688. The van der Waals surface area contributed by atoms with Gasteiger partial charge in [0.1, 0.15) is 5.82 Å². The average molecular weight is 318 g/mol. The number of nitrogens with zero attached hydrogens (tertiary/aromatic N) is 4. The topological polar surface area (TPSA) is 73.4 Å². The summed E-state index contributed by atoms with van der Waals surface area (Å²) in [7, 11) is 0. The normalized spacial score (nSPS) is 19.0. The van der Waals surface area contributed by atoms with Gasteiger partial charge in [0.25, 0.3) is 0 Å². The van der Waals surface area contributed by atoms with Crippen molar-refractivity contribution in [3.8, 4) is 0 Å². The van der Waals surface area contributed by atoms with Crippen LogP contribution in [0.25, 0.3) is 0 Å². The van der Waals surface area contributed by atoms with Gasteiger partial charge in [-0.25, -0.2) is 4.98 Å². The van der Waals surface area contributed by atoms with Crippen molar-refractivity contribution in [1.29, 1.82) is 0 Å². The minimum absolute atomic E-state index is 0.140. The van der Waals surface area contributed by atoms with Gasteiger partial charge in [-0.05, 0) is 5.92 Å². The van der Waals surface area contributed by atoms with E-state index in [4.69, 9.17) is 9.97 Å². The van der Waals surface area contributed by atoms with E-state index >= 15 is 0 Å². The summed E-state index contributed by atoms with van der Waals surface area (Å²) < 4.78 is 0. The highest BCUT2D eigenvalue weighted by Gasteiger charge is 2.23. The molecule has 1 amide bonds. The van der Waals surface area contributed by atoms with Crippen LogP contribution in [0.4, 0.5) is 11.8 Å². The standard InChI is InChI=1S/C16H26N6O/c1-11(2)14-8-15(18-13-9-17-10-13)20-16(19-14)22-6-4-21(5-7-22)12(3)23/h8,11,13,17H,4-7,9-10H2,1-3H3,(H,18,19,20). The van der Waals surface area contributed by atoms with Crippen LogP contribution in [-0.2, 0) is 4.79 Å². The number of rotatable bonds is 4. The predicted molar refractivity (Wildman–Crippen MR) is 90.9 cm³/mol. The third kappa shape index (κ3) is 3.72. The largest absolute Gasteiger partial charge is 0.365 e. The van der Waals surface area contributed by atoms with Crippen molar-refractivity contribution >= 4 is 17.7 Å². The lowest BCUT2D eigenvalue weighted by atomic mass is 10.1. The van der Waals surface area contributed by atoms with Gasteiger partial charge in [0.15, 0.2) is 0 Å². The van der Waals surface area contributed by atoms with Crippen LogP contribution in [0.3, 0.4) is 0 Å². The molecule has 7 heteroatoms. The first-order valence-corrected chi connectivity index (χ1v) is 8.39. The predicted octanol–water partition coefficient (Wildman–Crippen LogP) is 0.652. The Morgan fingerprint density at radius 3 is 2.48 bits per heavy atom. The van der Waals surface area contributed by atoms with E-state index in [2.05, 4.69) is 35.4 Å². The van der Waals surface area contributed by atoms with Crippen LogP contribution in [0.15, 0.2) is 6.07 Å². The smallest absolute Gasteiger partial charge is 0.227 e. The Morgan fingerprint density at radius 1 is 1.26 bits per heavy atom. The Balaban J connectivity index is 1.76. The van der Waals surface area contributed by atoms with Crippen LogP contribution < -0.4 is 15.5 Å². The highest BCUT2D eigenvalue weighted by Crippen LogP contribution is 2.21. The van der Waals surface area contributed by atoms with Crippen LogP contribution in [0.5, 0.6) is 0 Å². The number of aromatic nitrogens is 2. The lowest BCUT2D eigenvalue weighted by molar-refractivity contribution is -0.129. The van der Waals surface area contributed by atoms with E-state index in [1.807, 2.05) is 4.90 Å². The first-order valence-electron chi connectivity index (χ1n) is 8.39. The maximum absolute atomic E-state index is 11.5. The van der Waals surface area contributed by atoms with Gasteiger partial charge in [0.05, 0.1) is 11.7 Å². The molecule has 1 aromatic heterocycles. The molecule has 2 aliphatic rings. The van der Waals surface area contributed by atoms with Gasteiger partial charge in [-0.3, -0.25) is 4.79 Å². The minimum atomic E-state index is 0.140. The van der Waals surface area contributed by atoms with Crippen LogP contribution in [-0.4, -0.2) is 66.1 Å². The molecule has 0 atom stereocenters. The molecule has 2 saturated heterocycles. The highest BCUT2D eigenvalue weighted by molar-refractivity contribution is 5.73. The van der Waals surface area contributed by atoms with Crippen molar-refractivity contribution < 1.29 is 4.79 Å². The van der Waals surface area contributed by atoms with E-state index in [0.717, 1.165) is 56.7 Å². The number of piperazine rings is 1. The Labute approximate surface area is 137 Å². The number of amides is 1. The molecule has 1 aromatic rings. The number of hydrogen-bond donors (Lipinski definition) is 2. The first kappa shape index (κ1) is 16.0. The van der Waals surface area contributed by atoms with Gasteiger partial charge >= 0.3 is 0 Å². The van der Waals surface area contributed by atoms with Crippen molar-refractivity contribution in [3.63, 3.8) is 0 Å². The molecule has 0 aromatic carbocycles. The van der Waals surface area contributed by atoms with Crippen LogP contribution in [0.2, 0.25) is 0 Å². The summed E-state index contributed by atoms with van der Waals surface area (Å²) in [5.41, 5.74) is 1.05. The van der Waals surface area contributed by atoms with E-state index in [1.54, 1.807) is 6.92 Å². The van der Waals surface area contributed by atoms with E-state index in [1.165, 1.54) is 0 Å². The highest BCUT2D eigenvalue weighted by atomic mass is 16.2. The van der Waals surface area contributed by atoms with Gasteiger partial charge in [-0.2, -0.15) is 4.98 Å². The van der Waals surface area contributed by atoms with Gasteiger partial charge in [0.2, 0.25) is 11.9 Å². The van der Waals surface area contributed by atoms with E-state index in [0.29, 0.717) is 12.0 Å². The van der Waals surface area contributed by atoms with Gasteiger partial charge in [0, 0.05) is 52.3 Å². The summed E-state index contributed by atoms with van der Waals surface area (Å²) in [5.74, 6) is 2.17. The quantitative estimate of drug-likeness (QED) is 0.849. The summed E-state index contributed by atoms with van der Waals surface area (Å²) in [5, 5.41) is 6.73. The minimum Gasteiger partial charge on any atom is -0.365 e. The maximum Gasteiger partial charge on any atom is 0.227 e. The van der Waals surface area contributed by atoms with Crippen molar-refractivity contribution in [3.05, 3.63) is 11.8 Å². The SMILES string of the molecule is CC(=O)N1CCN(c2nc(NC3CNC3)cc(C(C)C)n2)CC1. The second kappa shape index (κ2) is 6.70. The molecule has 126 valence electrons. The summed E-state index contributed by atoms with van der Waals surface area (Å²) in [6.07, 6.45) is 0. The fourth-order valence-electron chi connectivity index (χ4n) is 2.79. The molecule has 0 aliphatic carbocycles. The van der Waals surface area contributed by atoms with Crippen LogP contribution in [0, 0.1) is 0 Å². The molecule has 0 saturated carbocycles. The molecule has 3 rings (SSSR count). The Kier molecular flexibility index (Phi) is 4.66. The van der Waals surface area contributed by atoms with Crippen molar-refractivity contribution in [2.75, 3.05) is 49.5 Å². The molecule has 0 unspecified atom stereocenters. The van der Waals surface area contributed by atoms with E-state index < -0.39 is 0 Å². The van der Waals surface area contributed by atoms with Crippen molar-refractivity contribution in [1.82, 2.24) is 20.2 Å². The van der Waals surface area contributed by atoms with E-state index in [-0.39, 0.29) is 5.91 Å². The number of anilines is 2. The summed E-state index contributed by atoms with van der Waals surface area (Å²) in [4.78, 5) is 25.0. The lowest BCUT2D eigenvalue weighted by Crippen LogP contribution is -2.51. The van der Waals surface area contributed by atoms with E-state index in [9.17, 15) is 4.79 Å². The molecule has 23 heavy (non-hydrogen) atoms. The molecule has 2 fully saturated rings. The number of carbonyl (C=O) groups is 1. The molecule has 0 radical (unpaired) electrons. The van der Waals surface area contributed by atoms with Crippen LogP contribution >= 0.6 is 0 Å². The number of carbonyl (C=O) groups excluding carboxylic acids is 1. The molecule has 2 N–H and O–H groups in total. The molecule has 3 heterocycles. The second-order valence-electron chi connectivity index (χ2n) is 6.63. The lowest BCUT2D eigenvalue weighted by Gasteiger charge is -2.35. The molecule has 0 bridgehead atoms. The third-order valence-corrected chi connectivity index (χ3v) is 4.47. The molecular weight excluding hydrogens is 292 g/mol. The average Bonchev–Trinajstić information content (AvgIpc) is 2.50. The Bertz CT molecular complexity index is 564. The number of hydrogen-bond acceptors (Lipinski definition) is 6. The molecule has 7 nitrogen and oxygen atoms in total. The first-order chi connectivity index (χ1) is 11.0.